The summed E-state index contributed by atoms with van der Waals surface area (Å²) in [5.74, 6) is 1.95. The second-order valence-corrected chi connectivity index (χ2v) is 4.61. The fraction of sp³-hybridized carbons (Fsp3) is 0.909. The molecule has 0 aromatic carbocycles. The summed E-state index contributed by atoms with van der Waals surface area (Å²) in [5.41, 5.74) is 0. The van der Waals surface area contributed by atoms with Crippen molar-refractivity contribution in [2.75, 3.05) is 0 Å². The molecule has 0 spiro atoms. The molecule has 0 amide bonds. The van der Waals surface area contributed by atoms with Crippen molar-refractivity contribution in [3.63, 3.8) is 0 Å². The van der Waals surface area contributed by atoms with Crippen LogP contribution in [0.25, 0.3) is 0 Å². The molecular formula is C11H19NO. The van der Waals surface area contributed by atoms with Crippen LogP contribution < -0.4 is 0 Å². The molecule has 0 aromatic heterocycles. The third-order valence-electron chi connectivity index (χ3n) is 3.21. The molecule has 3 atom stereocenters. The van der Waals surface area contributed by atoms with Crippen LogP contribution in [0.1, 0.15) is 40.0 Å². The van der Waals surface area contributed by atoms with E-state index in [-0.39, 0.29) is 6.04 Å². The van der Waals surface area contributed by atoms with E-state index in [0.717, 1.165) is 12.3 Å². The Morgan fingerprint density at radius 1 is 1.38 bits per heavy atom. The average molecular weight is 181 g/mol. The first-order chi connectivity index (χ1) is 6.15. The van der Waals surface area contributed by atoms with Gasteiger partial charge in [0.05, 0.1) is 6.04 Å². The summed E-state index contributed by atoms with van der Waals surface area (Å²) in [6.45, 7) is 6.67. The van der Waals surface area contributed by atoms with Crippen molar-refractivity contribution in [3.8, 4) is 0 Å². The van der Waals surface area contributed by atoms with Crippen molar-refractivity contribution in [3.05, 3.63) is 0 Å². The number of rotatable bonds is 2. The zero-order valence-electron chi connectivity index (χ0n) is 8.79. The first kappa shape index (κ1) is 10.5. The van der Waals surface area contributed by atoms with Crippen LogP contribution in [0.5, 0.6) is 0 Å². The van der Waals surface area contributed by atoms with Gasteiger partial charge >= 0.3 is 0 Å². The Labute approximate surface area is 80.4 Å². The van der Waals surface area contributed by atoms with E-state index < -0.39 is 0 Å². The fourth-order valence-corrected chi connectivity index (χ4v) is 2.37. The molecule has 0 saturated heterocycles. The zero-order chi connectivity index (χ0) is 9.84. The number of hydrogen-bond acceptors (Lipinski definition) is 2. The van der Waals surface area contributed by atoms with E-state index in [2.05, 4.69) is 25.8 Å². The Morgan fingerprint density at radius 3 is 2.62 bits per heavy atom. The molecule has 0 radical (unpaired) electrons. The SMILES string of the molecule is CC(C)[C@H]1CC[C@@H](C)C[C@@H]1N=C=O. The summed E-state index contributed by atoms with van der Waals surface area (Å²) in [7, 11) is 0. The van der Waals surface area contributed by atoms with E-state index in [4.69, 9.17) is 0 Å². The van der Waals surface area contributed by atoms with Crippen LogP contribution in [-0.2, 0) is 4.79 Å². The highest BCUT2D eigenvalue weighted by Gasteiger charge is 2.30. The van der Waals surface area contributed by atoms with Crippen molar-refractivity contribution in [1.82, 2.24) is 0 Å². The Morgan fingerprint density at radius 2 is 2.08 bits per heavy atom. The molecule has 1 saturated carbocycles. The van der Waals surface area contributed by atoms with E-state index in [1.807, 2.05) is 0 Å². The van der Waals surface area contributed by atoms with Gasteiger partial charge in [-0.2, -0.15) is 0 Å². The lowest BCUT2D eigenvalue weighted by molar-refractivity contribution is 0.201. The van der Waals surface area contributed by atoms with Crippen LogP contribution in [-0.4, -0.2) is 12.1 Å². The standard InChI is InChI=1S/C11H19NO/c1-8(2)10-5-4-9(3)6-11(10)12-7-13/h8-11H,4-6H2,1-3H3/t9-,10-,11+/m1/s1. The lowest BCUT2D eigenvalue weighted by Crippen LogP contribution is -2.30. The van der Waals surface area contributed by atoms with E-state index in [1.54, 1.807) is 6.08 Å². The van der Waals surface area contributed by atoms with Gasteiger partial charge in [0.25, 0.3) is 0 Å². The van der Waals surface area contributed by atoms with Gasteiger partial charge in [0.2, 0.25) is 6.08 Å². The molecule has 0 aliphatic heterocycles. The van der Waals surface area contributed by atoms with Gasteiger partial charge in [-0.3, -0.25) is 0 Å². The maximum atomic E-state index is 10.3. The lowest BCUT2D eigenvalue weighted by Gasteiger charge is -2.33. The van der Waals surface area contributed by atoms with Gasteiger partial charge in [0.15, 0.2) is 0 Å². The minimum Gasteiger partial charge on any atom is -0.211 e. The average Bonchev–Trinajstić information content (AvgIpc) is 2.04. The third kappa shape index (κ3) is 2.67. The predicted molar refractivity (Wildman–Crippen MR) is 53.3 cm³/mol. The molecule has 1 rings (SSSR count). The summed E-state index contributed by atoms with van der Waals surface area (Å²) < 4.78 is 0. The Bertz CT molecular complexity index is 206. The van der Waals surface area contributed by atoms with Crippen molar-refractivity contribution >= 4 is 6.08 Å². The van der Waals surface area contributed by atoms with Crippen LogP contribution >= 0.6 is 0 Å². The summed E-state index contributed by atoms with van der Waals surface area (Å²) in [6.07, 6.45) is 5.29. The Balaban J connectivity index is 2.65. The van der Waals surface area contributed by atoms with Gasteiger partial charge < -0.3 is 0 Å². The molecule has 74 valence electrons. The highest BCUT2D eigenvalue weighted by atomic mass is 16.1. The van der Waals surface area contributed by atoms with Crippen LogP contribution in [0.4, 0.5) is 0 Å². The zero-order valence-corrected chi connectivity index (χ0v) is 8.79. The van der Waals surface area contributed by atoms with E-state index >= 15 is 0 Å². The molecule has 2 heteroatoms. The summed E-state index contributed by atoms with van der Waals surface area (Å²) in [6, 6.07) is 0.237. The lowest BCUT2D eigenvalue weighted by atomic mass is 9.74. The van der Waals surface area contributed by atoms with Crippen molar-refractivity contribution in [1.29, 1.82) is 0 Å². The second-order valence-electron chi connectivity index (χ2n) is 4.61. The minimum absolute atomic E-state index is 0.237. The van der Waals surface area contributed by atoms with Gasteiger partial charge in [-0.15, -0.1) is 0 Å². The normalized spacial score (nSPS) is 34.3. The number of hydrogen-bond donors (Lipinski definition) is 0. The number of isocyanates is 1. The molecule has 0 N–H and O–H groups in total. The first-order valence-corrected chi connectivity index (χ1v) is 5.22. The van der Waals surface area contributed by atoms with E-state index in [1.165, 1.54) is 12.8 Å². The highest BCUT2D eigenvalue weighted by molar-refractivity contribution is 5.33. The first-order valence-electron chi connectivity index (χ1n) is 5.22. The van der Waals surface area contributed by atoms with Crippen LogP contribution in [0, 0.1) is 17.8 Å². The minimum atomic E-state index is 0.237. The van der Waals surface area contributed by atoms with E-state index in [9.17, 15) is 4.79 Å². The molecule has 1 fully saturated rings. The van der Waals surface area contributed by atoms with Crippen molar-refractivity contribution in [2.45, 2.75) is 46.1 Å². The number of nitrogens with zero attached hydrogens (tertiary/aromatic N) is 1. The predicted octanol–water partition coefficient (Wildman–Crippen LogP) is 2.78. The largest absolute Gasteiger partial charge is 0.235 e. The maximum absolute atomic E-state index is 10.3. The van der Waals surface area contributed by atoms with Gasteiger partial charge in [-0.05, 0) is 30.6 Å². The Hall–Kier alpha value is -0.620. The molecule has 0 unspecified atom stereocenters. The summed E-state index contributed by atoms with van der Waals surface area (Å²) in [4.78, 5) is 14.2. The van der Waals surface area contributed by atoms with Crippen molar-refractivity contribution < 1.29 is 4.79 Å². The van der Waals surface area contributed by atoms with Gasteiger partial charge in [-0.25, -0.2) is 9.79 Å². The second kappa shape index (κ2) is 4.57. The molecule has 2 nitrogen and oxygen atoms in total. The quantitative estimate of drug-likeness (QED) is 0.476. The third-order valence-corrected chi connectivity index (χ3v) is 3.21. The summed E-state index contributed by atoms with van der Waals surface area (Å²) in [5, 5.41) is 0. The van der Waals surface area contributed by atoms with Crippen LogP contribution in [0.3, 0.4) is 0 Å². The molecule has 13 heavy (non-hydrogen) atoms. The molecule has 1 aliphatic carbocycles. The monoisotopic (exact) mass is 181 g/mol. The molecule has 0 bridgehead atoms. The van der Waals surface area contributed by atoms with Crippen molar-refractivity contribution in [2.24, 2.45) is 22.7 Å². The topological polar surface area (TPSA) is 29.4 Å². The number of carbonyl (C=O) groups excluding carboxylic acids is 1. The van der Waals surface area contributed by atoms with Gasteiger partial charge in [0, 0.05) is 0 Å². The molecule has 0 heterocycles. The molecule has 0 aromatic rings. The maximum Gasteiger partial charge on any atom is 0.235 e. The summed E-state index contributed by atoms with van der Waals surface area (Å²) >= 11 is 0. The Kier molecular flexibility index (Phi) is 3.68. The molecule has 1 aliphatic rings. The number of aliphatic imine (C=N–C) groups is 1. The fourth-order valence-electron chi connectivity index (χ4n) is 2.37. The van der Waals surface area contributed by atoms with Gasteiger partial charge in [0.1, 0.15) is 0 Å². The smallest absolute Gasteiger partial charge is 0.211 e. The van der Waals surface area contributed by atoms with Crippen LogP contribution in [0.15, 0.2) is 4.99 Å². The highest BCUT2D eigenvalue weighted by Crippen LogP contribution is 2.34. The van der Waals surface area contributed by atoms with Crippen LogP contribution in [0.2, 0.25) is 0 Å². The van der Waals surface area contributed by atoms with E-state index in [0.29, 0.717) is 11.8 Å². The van der Waals surface area contributed by atoms with Gasteiger partial charge in [-0.1, -0.05) is 27.2 Å². The molecular weight excluding hydrogens is 162 g/mol.